The van der Waals surface area contributed by atoms with E-state index in [4.69, 9.17) is 9.05 Å². The standard InChI is InChI=1S/C6H11Br2O3P/c1-2-12(9,10-5-3-7)11-6-4-8/h2H,1,3-6H2. The second-order valence-corrected chi connectivity index (χ2v) is 5.31. The lowest BCUT2D eigenvalue weighted by Gasteiger charge is -2.12. The van der Waals surface area contributed by atoms with Crippen molar-refractivity contribution < 1.29 is 13.6 Å². The summed E-state index contributed by atoms with van der Waals surface area (Å²) in [6.45, 7) is 4.10. The van der Waals surface area contributed by atoms with Crippen LogP contribution < -0.4 is 0 Å². The molecule has 0 fully saturated rings. The molecule has 0 heterocycles. The predicted molar refractivity (Wildman–Crippen MR) is 57.3 cm³/mol. The molecule has 0 aromatic carbocycles. The van der Waals surface area contributed by atoms with Gasteiger partial charge in [-0.3, -0.25) is 4.57 Å². The van der Waals surface area contributed by atoms with E-state index in [1.807, 2.05) is 0 Å². The van der Waals surface area contributed by atoms with Gasteiger partial charge in [-0.25, -0.2) is 0 Å². The zero-order valence-corrected chi connectivity index (χ0v) is 10.6. The minimum Gasteiger partial charge on any atom is -0.305 e. The Kier molecular flexibility index (Phi) is 7.79. The quantitative estimate of drug-likeness (QED) is 0.534. The van der Waals surface area contributed by atoms with Crippen molar-refractivity contribution in [3.05, 3.63) is 12.4 Å². The Morgan fingerprint density at radius 2 is 1.67 bits per heavy atom. The zero-order valence-electron chi connectivity index (χ0n) is 6.54. The Bertz CT molecular complexity index is 162. The monoisotopic (exact) mass is 320 g/mol. The van der Waals surface area contributed by atoms with Gasteiger partial charge in [-0.15, -0.1) is 0 Å². The SMILES string of the molecule is C=CP(=O)(OCCBr)OCCBr. The Labute approximate surface area is 89.3 Å². The first-order valence-electron chi connectivity index (χ1n) is 3.33. The maximum atomic E-state index is 11.5. The highest BCUT2D eigenvalue weighted by molar-refractivity contribution is 9.09. The molecule has 6 heteroatoms. The topological polar surface area (TPSA) is 35.5 Å². The molecule has 0 aliphatic rings. The van der Waals surface area contributed by atoms with Crippen LogP contribution in [0.1, 0.15) is 0 Å². The van der Waals surface area contributed by atoms with Gasteiger partial charge in [0.15, 0.2) is 0 Å². The van der Waals surface area contributed by atoms with Gasteiger partial charge in [0.25, 0.3) is 0 Å². The summed E-state index contributed by atoms with van der Waals surface area (Å²) >= 11 is 6.31. The van der Waals surface area contributed by atoms with E-state index in [0.29, 0.717) is 23.9 Å². The summed E-state index contributed by atoms with van der Waals surface area (Å²) in [5.74, 6) is 1.22. The minimum absolute atomic E-state index is 0.353. The molecular formula is C6H11Br2O3P. The molecule has 0 spiro atoms. The summed E-state index contributed by atoms with van der Waals surface area (Å²) in [6.07, 6.45) is 0. The fourth-order valence-electron chi connectivity index (χ4n) is 0.466. The molecule has 3 nitrogen and oxygen atoms in total. The molecule has 0 saturated heterocycles. The van der Waals surface area contributed by atoms with Crippen LogP contribution in [0.4, 0.5) is 0 Å². The smallest absolute Gasteiger partial charge is 0.305 e. The third-order valence-electron chi connectivity index (χ3n) is 0.920. The van der Waals surface area contributed by atoms with Crippen LogP contribution in [0, 0.1) is 0 Å². The maximum Gasteiger partial charge on any atom is 0.353 e. The van der Waals surface area contributed by atoms with Crippen LogP contribution in [0.2, 0.25) is 0 Å². The number of hydrogen-bond donors (Lipinski definition) is 0. The second-order valence-electron chi connectivity index (χ2n) is 1.77. The molecule has 0 atom stereocenters. The van der Waals surface area contributed by atoms with Crippen LogP contribution in [0.15, 0.2) is 12.4 Å². The maximum absolute atomic E-state index is 11.5. The minimum atomic E-state index is -3.03. The molecule has 72 valence electrons. The molecule has 0 bridgehead atoms. The lowest BCUT2D eigenvalue weighted by atomic mass is 10.9. The van der Waals surface area contributed by atoms with Crippen molar-refractivity contribution in [3.8, 4) is 0 Å². The van der Waals surface area contributed by atoms with Crippen LogP contribution in [0.5, 0.6) is 0 Å². The fourth-order valence-corrected chi connectivity index (χ4v) is 2.27. The molecule has 0 saturated carbocycles. The lowest BCUT2D eigenvalue weighted by molar-refractivity contribution is 0.232. The summed E-state index contributed by atoms with van der Waals surface area (Å²) in [6, 6.07) is 0. The molecule has 0 aromatic rings. The van der Waals surface area contributed by atoms with Crippen molar-refractivity contribution in [2.45, 2.75) is 0 Å². The van der Waals surface area contributed by atoms with Crippen molar-refractivity contribution >= 4 is 39.5 Å². The normalized spacial score (nSPS) is 11.5. The van der Waals surface area contributed by atoms with Crippen molar-refractivity contribution in [3.63, 3.8) is 0 Å². The molecule has 0 rings (SSSR count). The number of hydrogen-bond acceptors (Lipinski definition) is 3. The third-order valence-corrected chi connectivity index (χ3v) is 3.10. The van der Waals surface area contributed by atoms with Gasteiger partial charge in [0, 0.05) is 16.5 Å². The Morgan fingerprint density at radius 1 is 1.25 bits per heavy atom. The summed E-state index contributed by atoms with van der Waals surface area (Å²) in [7, 11) is -3.03. The zero-order chi connectivity index (χ0) is 9.45. The molecular weight excluding hydrogens is 311 g/mol. The molecule has 0 aromatic heterocycles. The van der Waals surface area contributed by atoms with Crippen molar-refractivity contribution in [1.82, 2.24) is 0 Å². The van der Waals surface area contributed by atoms with E-state index in [2.05, 4.69) is 38.4 Å². The van der Waals surface area contributed by atoms with Crippen LogP contribution in [0.3, 0.4) is 0 Å². The molecule has 0 aliphatic carbocycles. The summed E-state index contributed by atoms with van der Waals surface area (Å²) in [5.41, 5.74) is 0. The van der Waals surface area contributed by atoms with Gasteiger partial charge in [-0.2, -0.15) is 0 Å². The Balaban J connectivity index is 3.87. The molecule has 0 unspecified atom stereocenters. The number of rotatable bonds is 7. The van der Waals surface area contributed by atoms with E-state index in [-0.39, 0.29) is 0 Å². The van der Waals surface area contributed by atoms with E-state index in [1.54, 1.807) is 0 Å². The summed E-state index contributed by atoms with van der Waals surface area (Å²) in [5, 5.41) is 1.25. The molecule has 0 amide bonds. The molecule has 12 heavy (non-hydrogen) atoms. The number of alkyl halides is 2. The van der Waals surface area contributed by atoms with Gasteiger partial charge >= 0.3 is 7.60 Å². The first-order valence-corrected chi connectivity index (χ1v) is 7.18. The molecule has 0 radical (unpaired) electrons. The largest absolute Gasteiger partial charge is 0.353 e. The van der Waals surface area contributed by atoms with E-state index in [9.17, 15) is 4.57 Å². The molecule has 0 N–H and O–H groups in total. The van der Waals surface area contributed by atoms with Crippen LogP contribution >= 0.6 is 39.5 Å². The van der Waals surface area contributed by atoms with Gasteiger partial charge in [0.05, 0.1) is 13.2 Å². The van der Waals surface area contributed by atoms with E-state index in [1.165, 1.54) is 5.82 Å². The first-order chi connectivity index (χ1) is 5.68. The average molecular weight is 322 g/mol. The Hall–Kier alpha value is 0.850. The van der Waals surface area contributed by atoms with Gasteiger partial charge in [-0.1, -0.05) is 38.4 Å². The number of halogens is 2. The third kappa shape index (κ3) is 5.49. The first kappa shape index (κ1) is 12.8. The summed E-state index contributed by atoms with van der Waals surface area (Å²) in [4.78, 5) is 0. The van der Waals surface area contributed by atoms with Crippen molar-refractivity contribution in [2.24, 2.45) is 0 Å². The Morgan fingerprint density at radius 3 is 1.92 bits per heavy atom. The highest BCUT2D eigenvalue weighted by Gasteiger charge is 2.18. The second kappa shape index (κ2) is 7.27. The highest BCUT2D eigenvalue weighted by Crippen LogP contribution is 2.49. The lowest BCUT2D eigenvalue weighted by Crippen LogP contribution is -1.98. The van der Waals surface area contributed by atoms with Crippen LogP contribution in [-0.2, 0) is 13.6 Å². The van der Waals surface area contributed by atoms with E-state index < -0.39 is 7.60 Å². The van der Waals surface area contributed by atoms with Crippen LogP contribution in [0.25, 0.3) is 0 Å². The van der Waals surface area contributed by atoms with Crippen LogP contribution in [-0.4, -0.2) is 23.9 Å². The predicted octanol–water partition coefficient (Wildman–Crippen LogP) is 3.15. The fraction of sp³-hybridized carbons (Fsp3) is 0.667. The van der Waals surface area contributed by atoms with E-state index in [0.717, 1.165) is 0 Å². The van der Waals surface area contributed by atoms with E-state index >= 15 is 0 Å². The highest BCUT2D eigenvalue weighted by atomic mass is 79.9. The average Bonchev–Trinajstić information content (AvgIpc) is 2.11. The van der Waals surface area contributed by atoms with Gasteiger partial charge in [0.2, 0.25) is 0 Å². The summed E-state index contributed by atoms with van der Waals surface area (Å²) < 4.78 is 21.5. The molecule has 0 aliphatic heterocycles. The van der Waals surface area contributed by atoms with Gasteiger partial charge in [0.1, 0.15) is 0 Å². The van der Waals surface area contributed by atoms with Gasteiger partial charge in [-0.05, 0) is 0 Å². The van der Waals surface area contributed by atoms with Crippen molar-refractivity contribution in [2.75, 3.05) is 23.9 Å². The van der Waals surface area contributed by atoms with Gasteiger partial charge < -0.3 is 9.05 Å². The van der Waals surface area contributed by atoms with Crippen molar-refractivity contribution in [1.29, 1.82) is 0 Å².